The summed E-state index contributed by atoms with van der Waals surface area (Å²) in [5, 5.41) is 7.01. The van der Waals surface area contributed by atoms with Gasteiger partial charge in [-0.25, -0.2) is 0 Å². The van der Waals surface area contributed by atoms with E-state index in [1.807, 2.05) is 7.05 Å². The second-order valence-electron chi connectivity index (χ2n) is 6.81. The fraction of sp³-hybridized carbons (Fsp3) is 0.833. The van der Waals surface area contributed by atoms with Crippen LogP contribution < -0.4 is 10.6 Å². The van der Waals surface area contributed by atoms with E-state index in [4.69, 9.17) is 4.74 Å². The van der Waals surface area contributed by atoms with Crippen LogP contribution in [-0.4, -0.2) is 39.8 Å². The summed E-state index contributed by atoms with van der Waals surface area (Å²) in [7, 11) is 3.66. The molecule has 0 amide bonds. The molecule has 1 saturated carbocycles. The van der Waals surface area contributed by atoms with Crippen LogP contribution in [0.25, 0.3) is 0 Å². The van der Waals surface area contributed by atoms with Crippen LogP contribution >= 0.6 is 0 Å². The normalized spacial score (nSPS) is 21.0. The summed E-state index contributed by atoms with van der Waals surface area (Å²) >= 11 is 0. The second-order valence-corrected chi connectivity index (χ2v) is 6.81. The molecule has 0 radical (unpaired) electrons. The molecule has 0 aliphatic heterocycles. The van der Waals surface area contributed by atoms with E-state index in [-0.39, 0.29) is 0 Å². The maximum atomic E-state index is 5.30. The van der Waals surface area contributed by atoms with Gasteiger partial charge in [-0.1, -0.05) is 24.5 Å². The van der Waals surface area contributed by atoms with Gasteiger partial charge in [0.25, 0.3) is 0 Å². The Morgan fingerprint density at radius 3 is 2.73 bits per heavy atom. The van der Waals surface area contributed by atoms with Crippen LogP contribution in [0.15, 0.2) is 16.6 Å². The number of ether oxygens (including phenoxy) is 1. The lowest BCUT2D eigenvalue weighted by molar-refractivity contribution is 0.138. The lowest BCUT2D eigenvalue weighted by Crippen LogP contribution is -2.43. The SMILES string of the molecule is CN=C(NCCC1=CCCC1)NCC1(CCOC)CCCC1. The molecule has 0 aromatic heterocycles. The monoisotopic (exact) mass is 307 g/mol. The third-order valence-corrected chi connectivity index (χ3v) is 5.23. The summed E-state index contributed by atoms with van der Waals surface area (Å²) in [4.78, 5) is 4.37. The van der Waals surface area contributed by atoms with Gasteiger partial charge in [0.1, 0.15) is 0 Å². The molecule has 0 spiro atoms. The van der Waals surface area contributed by atoms with Crippen LogP contribution in [0.3, 0.4) is 0 Å². The molecule has 126 valence electrons. The summed E-state index contributed by atoms with van der Waals surface area (Å²) in [5.41, 5.74) is 2.01. The molecule has 4 heteroatoms. The van der Waals surface area contributed by atoms with Crippen LogP contribution in [-0.2, 0) is 4.74 Å². The van der Waals surface area contributed by atoms with Crippen molar-refractivity contribution in [3.05, 3.63) is 11.6 Å². The second kappa shape index (κ2) is 9.19. The Bertz CT molecular complexity index is 384. The summed E-state index contributed by atoms with van der Waals surface area (Å²) < 4.78 is 5.30. The van der Waals surface area contributed by atoms with E-state index in [1.165, 1.54) is 44.9 Å². The molecular weight excluding hydrogens is 274 g/mol. The third-order valence-electron chi connectivity index (χ3n) is 5.23. The Hall–Kier alpha value is -1.03. The third kappa shape index (κ3) is 5.31. The highest BCUT2D eigenvalue weighted by Crippen LogP contribution is 2.40. The zero-order valence-corrected chi connectivity index (χ0v) is 14.4. The molecule has 2 N–H and O–H groups in total. The molecule has 22 heavy (non-hydrogen) atoms. The minimum Gasteiger partial charge on any atom is -0.385 e. The quantitative estimate of drug-likeness (QED) is 0.411. The molecule has 0 heterocycles. The van der Waals surface area contributed by atoms with Crippen molar-refractivity contribution in [2.24, 2.45) is 10.4 Å². The Kier molecular flexibility index (Phi) is 7.23. The number of rotatable bonds is 8. The van der Waals surface area contributed by atoms with Gasteiger partial charge < -0.3 is 15.4 Å². The van der Waals surface area contributed by atoms with E-state index < -0.39 is 0 Å². The predicted molar refractivity (Wildman–Crippen MR) is 93.3 cm³/mol. The minimum absolute atomic E-state index is 0.404. The maximum absolute atomic E-state index is 5.30. The molecule has 2 aliphatic rings. The zero-order chi connectivity index (χ0) is 15.7. The number of nitrogens with one attached hydrogen (secondary N) is 2. The fourth-order valence-electron chi connectivity index (χ4n) is 3.76. The van der Waals surface area contributed by atoms with Crippen LogP contribution in [0.1, 0.15) is 57.8 Å². The first-order valence-corrected chi connectivity index (χ1v) is 8.89. The van der Waals surface area contributed by atoms with Crippen molar-refractivity contribution >= 4 is 5.96 Å². The van der Waals surface area contributed by atoms with Crippen molar-refractivity contribution in [2.45, 2.75) is 57.8 Å². The first kappa shape index (κ1) is 17.3. The number of guanidine groups is 1. The van der Waals surface area contributed by atoms with Crippen LogP contribution in [0.5, 0.6) is 0 Å². The van der Waals surface area contributed by atoms with E-state index >= 15 is 0 Å². The number of aliphatic imine (C=N–C) groups is 1. The molecule has 2 aliphatic carbocycles. The molecule has 0 aromatic carbocycles. The van der Waals surface area contributed by atoms with E-state index in [0.717, 1.165) is 38.5 Å². The van der Waals surface area contributed by atoms with Crippen molar-refractivity contribution in [3.63, 3.8) is 0 Å². The molecule has 0 saturated heterocycles. The number of methoxy groups -OCH3 is 1. The van der Waals surface area contributed by atoms with Crippen LogP contribution in [0.2, 0.25) is 0 Å². The lowest BCUT2D eigenvalue weighted by Gasteiger charge is -2.30. The van der Waals surface area contributed by atoms with E-state index in [1.54, 1.807) is 12.7 Å². The number of nitrogens with zero attached hydrogens (tertiary/aromatic N) is 1. The maximum Gasteiger partial charge on any atom is 0.191 e. The van der Waals surface area contributed by atoms with Gasteiger partial charge in [0.15, 0.2) is 5.96 Å². The molecule has 1 fully saturated rings. The fourth-order valence-corrected chi connectivity index (χ4v) is 3.76. The zero-order valence-electron chi connectivity index (χ0n) is 14.4. The van der Waals surface area contributed by atoms with Gasteiger partial charge >= 0.3 is 0 Å². The van der Waals surface area contributed by atoms with Crippen LogP contribution in [0.4, 0.5) is 0 Å². The van der Waals surface area contributed by atoms with Crippen molar-refractivity contribution in [1.29, 1.82) is 0 Å². The van der Waals surface area contributed by atoms with E-state index in [2.05, 4.69) is 21.7 Å². The van der Waals surface area contributed by atoms with Gasteiger partial charge in [0.05, 0.1) is 0 Å². The van der Waals surface area contributed by atoms with Crippen molar-refractivity contribution in [3.8, 4) is 0 Å². The van der Waals surface area contributed by atoms with Gasteiger partial charge in [-0.3, -0.25) is 4.99 Å². The average Bonchev–Trinajstić information content (AvgIpc) is 3.21. The first-order valence-electron chi connectivity index (χ1n) is 8.89. The lowest BCUT2D eigenvalue weighted by atomic mass is 9.83. The number of allylic oxidation sites excluding steroid dienone is 1. The molecule has 0 unspecified atom stereocenters. The summed E-state index contributed by atoms with van der Waals surface area (Å²) in [6, 6.07) is 0. The highest BCUT2D eigenvalue weighted by Gasteiger charge is 2.33. The number of hydrogen-bond acceptors (Lipinski definition) is 2. The minimum atomic E-state index is 0.404. The predicted octanol–water partition coefficient (Wildman–Crippen LogP) is 3.25. The molecule has 0 bridgehead atoms. The van der Waals surface area contributed by atoms with Crippen molar-refractivity contribution in [2.75, 3.05) is 33.9 Å². The van der Waals surface area contributed by atoms with Gasteiger partial charge in [0, 0.05) is 33.9 Å². The highest BCUT2D eigenvalue weighted by molar-refractivity contribution is 5.79. The van der Waals surface area contributed by atoms with Gasteiger partial charge in [-0.15, -0.1) is 0 Å². The Balaban J connectivity index is 1.72. The molecule has 2 rings (SSSR count). The Morgan fingerprint density at radius 2 is 2.09 bits per heavy atom. The van der Waals surface area contributed by atoms with Gasteiger partial charge in [-0.05, 0) is 50.4 Å². The number of hydrogen-bond donors (Lipinski definition) is 2. The standard InChI is InChI=1S/C18H33N3O/c1-19-17(20-13-9-16-7-3-4-8-16)21-15-18(12-14-22-2)10-5-6-11-18/h7H,3-6,8-15H2,1-2H3,(H2,19,20,21). The van der Waals surface area contributed by atoms with E-state index in [9.17, 15) is 0 Å². The summed E-state index contributed by atoms with van der Waals surface area (Å²) in [5.74, 6) is 0.947. The average molecular weight is 307 g/mol. The molecular formula is C18H33N3O. The first-order chi connectivity index (χ1) is 10.8. The molecule has 0 aromatic rings. The highest BCUT2D eigenvalue weighted by atomic mass is 16.5. The molecule has 4 nitrogen and oxygen atoms in total. The smallest absolute Gasteiger partial charge is 0.191 e. The molecule has 0 atom stereocenters. The van der Waals surface area contributed by atoms with Crippen molar-refractivity contribution < 1.29 is 4.74 Å². The van der Waals surface area contributed by atoms with Gasteiger partial charge in [0.2, 0.25) is 0 Å². The summed E-state index contributed by atoms with van der Waals surface area (Å²) in [6.45, 7) is 2.86. The summed E-state index contributed by atoms with van der Waals surface area (Å²) in [6.07, 6.45) is 13.9. The van der Waals surface area contributed by atoms with Crippen LogP contribution in [0, 0.1) is 5.41 Å². The largest absolute Gasteiger partial charge is 0.385 e. The Labute approximate surface area is 135 Å². The Morgan fingerprint density at radius 1 is 1.27 bits per heavy atom. The van der Waals surface area contributed by atoms with Crippen molar-refractivity contribution in [1.82, 2.24) is 10.6 Å². The van der Waals surface area contributed by atoms with Gasteiger partial charge in [-0.2, -0.15) is 0 Å². The topological polar surface area (TPSA) is 45.7 Å². The van der Waals surface area contributed by atoms with E-state index in [0.29, 0.717) is 5.41 Å².